The Morgan fingerprint density at radius 1 is 1.18 bits per heavy atom. The molecule has 0 spiro atoms. The third kappa shape index (κ3) is 3.51. The van der Waals surface area contributed by atoms with Crippen LogP contribution in [0.2, 0.25) is 10.2 Å². The van der Waals surface area contributed by atoms with Gasteiger partial charge in [0.15, 0.2) is 0 Å². The van der Waals surface area contributed by atoms with E-state index in [1.807, 2.05) is 18.2 Å². The first-order chi connectivity index (χ1) is 8.13. The molecule has 0 unspecified atom stereocenters. The van der Waals surface area contributed by atoms with E-state index in [0.29, 0.717) is 28.3 Å². The molecule has 0 atom stereocenters. The third-order valence-corrected chi connectivity index (χ3v) is 2.50. The summed E-state index contributed by atoms with van der Waals surface area (Å²) in [6.07, 6.45) is 0. The Morgan fingerprint density at radius 2 is 2.00 bits per heavy atom. The van der Waals surface area contributed by atoms with E-state index in [2.05, 4.69) is 4.98 Å². The lowest BCUT2D eigenvalue weighted by molar-refractivity contribution is 0.294. The number of ether oxygens (including phenoxy) is 1. The van der Waals surface area contributed by atoms with Crippen molar-refractivity contribution in [3.8, 4) is 5.88 Å². The van der Waals surface area contributed by atoms with Gasteiger partial charge in [-0.25, -0.2) is 4.98 Å². The molecule has 0 aliphatic heterocycles. The monoisotopic (exact) mass is 268 g/mol. The number of halogens is 2. The van der Waals surface area contributed by atoms with Crippen molar-refractivity contribution in [2.45, 2.75) is 6.61 Å². The topological polar surface area (TPSA) is 48.1 Å². The van der Waals surface area contributed by atoms with Gasteiger partial charge in [-0.2, -0.15) is 0 Å². The van der Waals surface area contributed by atoms with Crippen molar-refractivity contribution < 1.29 is 4.74 Å². The van der Waals surface area contributed by atoms with Gasteiger partial charge in [0.05, 0.1) is 0 Å². The molecule has 0 saturated heterocycles. The lowest BCUT2D eigenvalue weighted by atomic mass is 10.2. The van der Waals surface area contributed by atoms with Crippen LogP contribution in [0.15, 0.2) is 36.4 Å². The molecule has 2 rings (SSSR count). The zero-order chi connectivity index (χ0) is 12.3. The molecule has 1 aromatic heterocycles. The molecule has 2 N–H and O–H groups in total. The van der Waals surface area contributed by atoms with Crippen LogP contribution >= 0.6 is 23.2 Å². The summed E-state index contributed by atoms with van der Waals surface area (Å²) in [6, 6.07) is 10.6. The van der Waals surface area contributed by atoms with Crippen LogP contribution in [-0.2, 0) is 6.61 Å². The first-order valence-corrected chi connectivity index (χ1v) is 5.69. The van der Waals surface area contributed by atoms with Gasteiger partial charge in [0, 0.05) is 16.8 Å². The van der Waals surface area contributed by atoms with E-state index < -0.39 is 0 Å². The first kappa shape index (κ1) is 12.0. The van der Waals surface area contributed by atoms with Crippen molar-refractivity contribution in [2.24, 2.45) is 0 Å². The van der Waals surface area contributed by atoms with Gasteiger partial charge in [-0.05, 0) is 23.8 Å². The first-order valence-electron chi connectivity index (χ1n) is 4.94. The maximum absolute atomic E-state index is 5.86. The molecule has 1 heterocycles. The van der Waals surface area contributed by atoms with Crippen molar-refractivity contribution >= 4 is 28.9 Å². The van der Waals surface area contributed by atoms with Gasteiger partial charge in [-0.1, -0.05) is 35.3 Å². The van der Waals surface area contributed by atoms with E-state index in [-0.39, 0.29) is 0 Å². The third-order valence-electron chi connectivity index (χ3n) is 2.07. The maximum atomic E-state index is 5.86. The highest BCUT2D eigenvalue weighted by molar-refractivity contribution is 6.30. The van der Waals surface area contributed by atoms with Gasteiger partial charge in [-0.3, -0.25) is 0 Å². The Hall–Kier alpha value is -1.45. The van der Waals surface area contributed by atoms with Crippen LogP contribution < -0.4 is 10.5 Å². The summed E-state index contributed by atoms with van der Waals surface area (Å²) in [7, 11) is 0. The summed E-state index contributed by atoms with van der Waals surface area (Å²) in [6.45, 7) is 0.368. The number of hydrogen-bond acceptors (Lipinski definition) is 3. The Labute approximate surface area is 109 Å². The normalized spacial score (nSPS) is 10.2. The minimum absolute atomic E-state index is 0.311. The van der Waals surface area contributed by atoms with E-state index in [0.717, 1.165) is 5.56 Å². The lowest BCUT2D eigenvalue weighted by Gasteiger charge is -2.06. The number of nitrogens with two attached hydrogens (primary N) is 1. The van der Waals surface area contributed by atoms with Crippen LogP contribution in [0.5, 0.6) is 5.88 Å². The second-order valence-corrected chi connectivity index (χ2v) is 4.30. The van der Waals surface area contributed by atoms with Gasteiger partial charge < -0.3 is 10.5 Å². The highest BCUT2D eigenvalue weighted by atomic mass is 35.5. The Balaban J connectivity index is 2.07. The smallest absolute Gasteiger partial charge is 0.217 e. The zero-order valence-electron chi connectivity index (χ0n) is 8.86. The summed E-state index contributed by atoms with van der Waals surface area (Å²) in [4.78, 5) is 4.00. The Morgan fingerprint density at radius 3 is 2.71 bits per heavy atom. The molecule has 17 heavy (non-hydrogen) atoms. The molecular formula is C12H10Cl2N2O. The number of rotatable bonds is 3. The number of pyridine rings is 1. The van der Waals surface area contributed by atoms with E-state index in [1.54, 1.807) is 18.2 Å². The van der Waals surface area contributed by atoms with Crippen LogP contribution in [0.4, 0.5) is 5.69 Å². The van der Waals surface area contributed by atoms with Crippen molar-refractivity contribution in [1.29, 1.82) is 0 Å². The number of nitrogens with zero attached hydrogens (tertiary/aromatic N) is 1. The van der Waals surface area contributed by atoms with Crippen molar-refractivity contribution in [2.75, 3.05) is 5.73 Å². The van der Waals surface area contributed by atoms with E-state index in [9.17, 15) is 0 Å². The van der Waals surface area contributed by atoms with Crippen molar-refractivity contribution in [1.82, 2.24) is 4.98 Å². The van der Waals surface area contributed by atoms with E-state index in [1.165, 1.54) is 0 Å². The molecular weight excluding hydrogens is 259 g/mol. The summed E-state index contributed by atoms with van der Waals surface area (Å²) in [5.41, 5.74) is 7.10. The second kappa shape index (κ2) is 5.25. The minimum atomic E-state index is 0.311. The molecule has 88 valence electrons. The molecule has 5 heteroatoms. The van der Waals surface area contributed by atoms with Crippen LogP contribution in [0.25, 0.3) is 0 Å². The highest BCUT2D eigenvalue weighted by Gasteiger charge is 2.01. The summed E-state index contributed by atoms with van der Waals surface area (Å²) < 4.78 is 5.47. The minimum Gasteiger partial charge on any atom is -0.473 e. The number of benzene rings is 1. The summed E-state index contributed by atoms with van der Waals surface area (Å²) in [5.74, 6) is 0.398. The lowest BCUT2D eigenvalue weighted by Crippen LogP contribution is -1.98. The summed E-state index contributed by atoms with van der Waals surface area (Å²) >= 11 is 11.6. The maximum Gasteiger partial charge on any atom is 0.217 e. The van der Waals surface area contributed by atoms with Gasteiger partial charge >= 0.3 is 0 Å². The molecule has 0 aliphatic rings. The molecule has 3 nitrogen and oxygen atoms in total. The molecule has 0 amide bonds. The summed E-state index contributed by atoms with van der Waals surface area (Å²) in [5, 5.41) is 0.982. The van der Waals surface area contributed by atoms with Crippen LogP contribution in [0.1, 0.15) is 5.56 Å². The van der Waals surface area contributed by atoms with Gasteiger partial charge in [-0.15, -0.1) is 0 Å². The van der Waals surface area contributed by atoms with E-state index >= 15 is 0 Å². The van der Waals surface area contributed by atoms with Crippen molar-refractivity contribution in [3.63, 3.8) is 0 Å². The number of anilines is 1. The van der Waals surface area contributed by atoms with Gasteiger partial charge in [0.25, 0.3) is 0 Å². The van der Waals surface area contributed by atoms with Gasteiger partial charge in [0.2, 0.25) is 5.88 Å². The number of nitrogen functional groups attached to an aromatic ring is 1. The van der Waals surface area contributed by atoms with Crippen molar-refractivity contribution in [3.05, 3.63) is 52.1 Å². The number of aromatic nitrogens is 1. The Kier molecular flexibility index (Phi) is 3.71. The predicted molar refractivity (Wildman–Crippen MR) is 69.4 cm³/mol. The molecule has 0 saturated carbocycles. The Bertz CT molecular complexity index is 511. The molecule has 0 fully saturated rings. The standard InChI is InChI=1S/C12H10Cl2N2O/c13-9-3-1-2-8(4-9)7-17-12-6-10(15)5-11(14)16-12/h1-6H,7H2,(H2,15,16). The fraction of sp³-hybridized carbons (Fsp3) is 0.0833. The molecule has 0 bridgehead atoms. The molecule has 0 radical (unpaired) electrons. The van der Waals surface area contributed by atoms with Crippen LogP contribution in [-0.4, -0.2) is 4.98 Å². The SMILES string of the molecule is Nc1cc(Cl)nc(OCc2cccc(Cl)c2)c1. The zero-order valence-corrected chi connectivity index (χ0v) is 10.4. The highest BCUT2D eigenvalue weighted by Crippen LogP contribution is 2.19. The average Bonchev–Trinajstić information content (AvgIpc) is 2.25. The molecule has 2 aromatic rings. The number of hydrogen-bond donors (Lipinski definition) is 1. The fourth-order valence-corrected chi connectivity index (χ4v) is 1.77. The predicted octanol–water partition coefficient (Wildman–Crippen LogP) is 3.55. The quantitative estimate of drug-likeness (QED) is 0.867. The molecule has 1 aromatic carbocycles. The van der Waals surface area contributed by atoms with Crippen LogP contribution in [0.3, 0.4) is 0 Å². The fourth-order valence-electron chi connectivity index (χ4n) is 1.35. The molecule has 0 aliphatic carbocycles. The van der Waals surface area contributed by atoms with Crippen LogP contribution in [0, 0.1) is 0 Å². The van der Waals surface area contributed by atoms with Gasteiger partial charge in [0.1, 0.15) is 11.8 Å². The average molecular weight is 269 g/mol. The van der Waals surface area contributed by atoms with E-state index in [4.69, 9.17) is 33.7 Å². The second-order valence-electron chi connectivity index (χ2n) is 3.48. The largest absolute Gasteiger partial charge is 0.473 e.